The van der Waals surface area contributed by atoms with Gasteiger partial charge in [-0.05, 0) is 69.5 Å². The Morgan fingerprint density at radius 1 is 1.14 bits per heavy atom. The molecule has 0 radical (unpaired) electrons. The molecule has 1 fully saturated rings. The van der Waals surface area contributed by atoms with Crippen LogP contribution in [0.3, 0.4) is 0 Å². The van der Waals surface area contributed by atoms with Gasteiger partial charge in [0.15, 0.2) is 0 Å². The highest BCUT2D eigenvalue weighted by molar-refractivity contribution is 5.94. The Bertz CT molecular complexity index is 439. The molecule has 2 rings (SSSR count). The molecule has 22 heavy (non-hydrogen) atoms. The molecule has 1 aliphatic rings. The van der Waals surface area contributed by atoms with Crippen LogP contribution in [-0.2, 0) is 0 Å². The maximum atomic E-state index is 12.2. The van der Waals surface area contributed by atoms with Crippen LogP contribution in [0.4, 0.5) is 0 Å². The summed E-state index contributed by atoms with van der Waals surface area (Å²) in [7, 11) is 0. The molecule has 0 spiro atoms. The van der Waals surface area contributed by atoms with Gasteiger partial charge >= 0.3 is 0 Å². The zero-order valence-corrected chi connectivity index (χ0v) is 13.6. The standard InChI is InChI=1S/C18H28N2O2/c1-2-19-12-4-3-7-15-22-17-10-8-16(9-11-17)18(21)20-13-5-6-14-20/h8-11,19H,2-7,12-15H2,1H3. The summed E-state index contributed by atoms with van der Waals surface area (Å²) in [5.74, 6) is 0.997. The minimum absolute atomic E-state index is 0.146. The van der Waals surface area contributed by atoms with Crippen LogP contribution < -0.4 is 10.1 Å². The fourth-order valence-electron chi connectivity index (χ4n) is 2.69. The molecule has 1 aliphatic heterocycles. The zero-order chi connectivity index (χ0) is 15.6. The first-order chi connectivity index (χ1) is 10.8. The smallest absolute Gasteiger partial charge is 0.253 e. The van der Waals surface area contributed by atoms with Crippen molar-refractivity contribution in [2.45, 2.75) is 39.0 Å². The van der Waals surface area contributed by atoms with Crippen LogP contribution in [0, 0.1) is 0 Å². The molecule has 4 heteroatoms. The number of carbonyl (C=O) groups is 1. The molecule has 122 valence electrons. The number of benzene rings is 1. The van der Waals surface area contributed by atoms with Crippen molar-refractivity contribution in [3.8, 4) is 5.75 Å². The molecule has 0 saturated carbocycles. The molecule has 1 heterocycles. The number of nitrogens with one attached hydrogen (secondary N) is 1. The molecule has 0 unspecified atom stereocenters. The van der Waals surface area contributed by atoms with E-state index >= 15 is 0 Å². The predicted octanol–water partition coefficient (Wildman–Crippen LogP) is 3.08. The lowest BCUT2D eigenvalue weighted by atomic mass is 10.2. The first kappa shape index (κ1) is 16.8. The van der Waals surface area contributed by atoms with Crippen LogP contribution in [0.5, 0.6) is 5.75 Å². The van der Waals surface area contributed by atoms with E-state index in [1.54, 1.807) is 0 Å². The highest BCUT2D eigenvalue weighted by Gasteiger charge is 2.19. The first-order valence-electron chi connectivity index (χ1n) is 8.54. The van der Waals surface area contributed by atoms with E-state index in [1.807, 2.05) is 29.2 Å². The summed E-state index contributed by atoms with van der Waals surface area (Å²) in [5.41, 5.74) is 0.764. The predicted molar refractivity (Wildman–Crippen MR) is 89.5 cm³/mol. The van der Waals surface area contributed by atoms with E-state index in [4.69, 9.17) is 4.74 Å². The van der Waals surface area contributed by atoms with Crippen molar-refractivity contribution in [2.75, 3.05) is 32.8 Å². The Labute approximate surface area is 133 Å². The van der Waals surface area contributed by atoms with Crippen molar-refractivity contribution < 1.29 is 9.53 Å². The third-order valence-corrected chi connectivity index (χ3v) is 4.01. The quantitative estimate of drug-likeness (QED) is 0.713. The highest BCUT2D eigenvalue weighted by Crippen LogP contribution is 2.17. The second-order valence-electron chi connectivity index (χ2n) is 5.79. The fourth-order valence-corrected chi connectivity index (χ4v) is 2.69. The van der Waals surface area contributed by atoms with Crippen molar-refractivity contribution in [1.29, 1.82) is 0 Å². The average molecular weight is 304 g/mol. The van der Waals surface area contributed by atoms with Gasteiger partial charge in [0.25, 0.3) is 5.91 Å². The first-order valence-corrected chi connectivity index (χ1v) is 8.54. The van der Waals surface area contributed by atoms with Gasteiger partial charge in [0, 0.05) is 18.7 Å². The number of rotatable bonds is 9. The number of hydrogen-bond donors (Lipinski definition) is 1. The lowest BCUT2D eigenvalue weighted by Gasteiger charge is -2.15. The number of ether oxygens (including phenoxy) is 1. The SMILES string of the molecule is CCNCCCCCOc1ccc(C(=O)N2CCCC2)cc1. The van der Waals surface area contributed by atoms with E-state index in [9.17, 15) is 4.79 Å². The number of carbonyl (C=O) groups excluding carboxylic acids is 1. The molecule has 0 aliphatic carbocycles. The van der Waals surface area contributed by atoms with Gasteiger partial charge in [-0.1, -0.05) is 6.92 Å². The number of hydrogen-bond acceptors (Lipinski definition) is 3. The third-order valence-electron chi connectivity index (χ3n) is 4.01. The van der Waals surface area contributed by atoms with Crippen molar-refractivity contribution in [1.82, 2.24) is 10.2 Å². The molecule has 1 aromatic carbocycles. The molecule has 0 bridgehead atoms. The monoisotopic (exact) mass is 304 g/mol. The average Bonchev–Trinajstić information content (AvgIpc) is 3.08. The number of nitrogens with zero attached hydrogens (tertiary/aromatic N) is 1. The second kappa shape index (κ2) is 9.46. The van der Waals surface area contributed by atoms with Gasteiger partial charge in [-0.15, -0.1) is 0 Å². The van der Waals surface area contributed by atoms with Gasteiger partial charge in [-0.3, -0.25) is 4.79 Å². The van der Waals surface area contributed by atoms with E-state index in [0.717, 1.165) is 63.4 Å². The minimum Gasteiger partial charge on any atom is -0.494 e. The zero-order valence-electron chi connectivity index (χ0n) is 13.6. The van der Waals surface area contributed by atoms with Gasteiger partial charge in [0.2, 0.25) is 0 Å². The molecule has 0 atom stereocenters. The lowest BCUT2D eigenvalue weighted by Crippen LogP contribution is -2.27. The summed E-state index contributed by atoms with van der Waals surface area (Å²) in [6.07, 6.45) is 5.69. The largest absolute Gasteiger partial charge is 0.494 e. The van der Waals surface area contributed by atoms with Gasteiger partial charge in [-0.2, -0.15) is 0 Å². The van der Waals surface area contributed by atoms with Crippen molar-refractivity contribution in [3.05, 3.63) is 29.8 Å². The second-order valence-corrected chi connectivity index (χ2v) is 5.79. The summed E-state index contributed by atoms with van der Waals surface area (Å²) in [4.78, 5) is 14.2. The lowest BCUT2D eigenvalue weighted by molar-refractivity contribution is 0.0793. The van der Waals surface area contributed by atoms with Gasteiger partial charge in [0.05, 0.1) is 6.61 Å². The van der Waals surface area contributed by atoms with Crippen LogP contribution in [0.2, 0.25) is 0 Å². The van der Waals surface area contributed by atoms with E-state index in [0.29, 0.717) is 0 Å². The molecule has 0 aromatic heterocycles. The summed E-state index contributed by atoms with van der Waals surface area (Å²) in [6.45, 7) is 6.78. The van der Waals surface area contributed by atoms with Gasteiger partial charge < -0.3 is 15.0 Å². The summed E-state index contributed by atoms with van der Waals surface area (Å²) < 4.78 is 5.73. The Morgan fingerprint density at radius 2 is 1.86 bits per heavy atom. The van der Waals surface area contributed by atoms with E-state index in [-0.39, 0.29) is 5.91 Å². The summed E-state index contributed by atoms with van der Waals surface area (Å²) in [5, 5.41) is 3.32. The normalized spacial score (nSPS) is 14.3. The van der Waals surface area contributed by atoms with Crippen LogP contribution in [-0.4, -0.2) is 43.6 Å². The third kappa shape index (κ3) is 5.34. The van der Waals surface area contributed by atoms with E-state index < -0.39 is 0 Å². The molecule has 1 saturated heterocycles. The number of amides is 1. The Kier molecular flexibility index (Phi) is 7.23. The summed E-state index contributed by atoms with van der Waals surface area (Å²) in [6, 6.07) is 7.56. The van der Waals surface area contributed by atoms with Crippen LogP contribution >= 0.6 is 0 Å². The molecule has 1 aromatic rings. The fraction of sp³-hybridized carbons (Fsp3) is 0.611. The highest BCUT2D eigenvalue weighted by atomic mass is 16.5. The number of unbranched alkanes of at least 4 members (excludes halogenated alkanes) is 2. The van der Waals surface area contributed by atoms with Crippen LogP contribution in [0.15, 0.2) is 24.3 Å². The van der Waals surface area contributed by atoms with Crippen LogP contribution in [0.1, 0.15) is 49.4 Å². The van der Waals surface area contributed by atoms with E-state index in [2.05, 4.69) is 12.2 Å². The van der Waals surface area contributed by atoms with Crippen molar-refractivity contribution in [2.24, 2.45) is 0 Å². The maximum absolute atomic E-state index is 12.2. The molecule has 1 amide bonds. The van der Waals surface area contributed by atoms with Crippen molar-refractivity contribution in [3.63, 3.8) is 0 Å². The molecular formula is C18H28N2O2. The van der Waals surface area contributed by atoms with Gasteiger partial charge in [-0.25, -0.2) is 0 Å². The van der Waals surface area contributed by atoms with Crippen LogP contribution in [0.25, 0.3) is 0 Å². The Hall–Kier alpha value is -1.55. The van der Waals surface area contributed by atoms with Gasteiger partial charge in [0.1, 0.15) is 5.75 Å². The minimum atomic E-state index is 0.146. The molecular weight excluding hydrogens is 276 g/mol. The molecule has 1 N–H and O–H groups in total. The Balaban J connectivity index is 1.67. The van der Waals surface area contributed by atoms with E-state index in [1.165, 1.54) is 12.8 Å². The summed E-state index contributed by atoms with van der Waals surface area (Å²) >= 11 is 0. The maximum Gasteiger partial charge on any atom is 0.253 e. The Morgan fingerprint density at radius 3 is 2.55 bits per heavy atom. The topological polar surface area (TPSA) is 41.6 Å². The molecule has 4 nitrogen and oxygen atoms in total. The number of likely N-dealkylation sites (tertiary alicyclic amines) is 1. The van der Waals surface area contributed by atoms with Crippen molar-refractivity contribution >= 4 is 5.91 Å².